The maximum atomic E-state index is 11.5. The van der Waals surface area contributed by atoms with Crippen molar-refractivity contribution in [3.8, 4) is 0 Å². The van der Waals surface area contributed by atoms with Crippen molar-refractivity contribution >= 4 is 0 Å². The average molecular weight is 823 g/mol. The third-order valence-corrected chi connectivity index (χ3v) is 11.1. The van der Waals surface area contributed by atoms with Gasteiger partial charge in [0.25, 0.3) is 0 Å². The highest BCUT2D eigenvalue weighted by atomic mass is 16.8. The molecule has 0 unspecified atom stereocenters. The molecule has 0 spiro atoms. The van der Waals surface area contributed by atoms with Crippen molar-refractivity contribution in [1.29, 1.82) is 0 Å². The number of hydrogen-bond donors (Lipinski definition) is 10. The summed E-state index contributed by atoms with van der Waals surface area (Å²) in [7, 11) is 0. The van der Waals surface area contributed by atoms with Crippen LogP contribution in [0.5, 0.6) is 0 Å². The monoisotopic (exact) mass is 822 g/mol. The minimum absolute atomic E-state index is 0.403. The lowest BCUT2D eigenvalue weighted by Crippen LogP contribution is -2.66. The summed E-state index contributed by atoms with van der Waals surface area (Å²) in [6, 6.07) is 0. The fourth-order valence-corrected chi connectivity index (χ4v) is 7.14. The zero-order valence-corrected chi connectivity index (χ0v) is 33.8. The SMILES string of the molecule is C=C[C@](C)(CC/C=C(\C)CCC=C(C)C)O[C@@H]1O[C@H](CO[C@@H]2O[C@@H](C)[C@H](O)[C@@H](O)[C@H]2O)[C@@H](O)[C@H](O)[C@H]1O[C@@H]1O[C@@H](C)[C@H](O[C@@H]2O[C@@H](C)[C@H](O)[C@@H](O)[C@H]2O)[C@@H](O)[C@H]1O. The van der Waals surface area contributed by atoms with Crippen molar-refractivity contribution in [2.45, 2.75) is 203 Å². The number of hydrogen-bond acceptors (Lipinski definition) is 18. The van der Waals surface area contributed by atoms with Gasteiger partial charge in [0.15, 0.2) is 25.2 Å². The second-order valence-corrected chi connectivity index (χ2v) is 16.2. The molecule has 0 radical (unpaired) electrons. The molecular formula is C39H66O18. The molecule has 0 aromatic rings. The fraction of sp³-hybridized carbons (Fsp3) is 0.846. The lowest BCUT2D eigenvalue weighted by molar-refractivity contribution is -0.388. The van der Waals surface area contributed by atoms with Gasteiger partial charge in [0.2, 0.25) is 0 Å². The smallest absolute Gasteiger partial charge is 0.188 e. The standard InChI is InChI=1S/C39H66O18/c1-9-39(8,15-11-14-18(4)13-10-12-17(2)3)57-38-34(28(45)25(42)22(54-38)16-50-35-30(47)26(43)23(40)19(5)51-35)56-37-32(49)29(46)33(21(7)53-37)55-36-31(48)27(44)24(41)20(6)52-36/h9,12,14,19-38,40-49H,1,10-11,13,15-16H2,2-8H3/b18-14+/t19-,20-,21-,22+,23-,24-,25+,26+,27+,28-,29-,30+,31+,32+,33-,34+,35+,36-,37-,38-,39+/m0/s1. The van der Waals surface area contributed by atoms with Crippen molar-refractivity contribution in [2.75, 3.05) is 6.61 Å². The van der Waals surface area contributed by atoms with E-state index in [0.29, 0.717) is 12.8 Å². The summed E-state index contributed by atoms with van der Waals surface area (Å²) in [6.45, 7) is 15.7. The van der Waals surface area contributed by atoms with Crippen molar-refractivity contribution < 1.29 is 89.0 Å². The van der Waals surface area contributed by atoms with Gasteiger partial charge in [-0.15, -0.1) is 6.58 Å². The third kappa shape index (κ3) is 11.9. The van der Waals surface area contributed by atoms with Gasteiger partial charge in [-0.25, -0.2) is 0 Å². The summed E-state index contributed by atoms with van der Waals surface area (Å²) in [5, 5.41) is 107. The first-order valence-electron chi connectivity index (χ1n) is 19.6. The minimum Gasteiger partial charge on any atom is -0.388 e. The highest BCUT2D eigenvalue weighted by molar-refractivity contribution is 5.05. The molecule has 0 saturated carbocycles. The highest BCUT2D eigenvalue weighted by Crippen LogP contribution is 2.35. The summed E-state index contributed by atoms with van der Waals surface area (Å²) < 4.78 is 47.0. The average Bonchev–Trinajstić information content (AvgIpc) is 3.16. The van der Waals surface area contributed by atoms with E-state index in [1.807, 2.05) is 20.8 Å². The molecule has 57 heavy (non-hydrogen) atoms. The molecule has 18 nitrogen and oxygen atoms in total. The molecule has 4 rings (SSSR count). The van der Waals surface area contributed by atoms with Crippen molar-refractivity contribution in [2.24, 2.45) is 0 Å². The van der Waals surface area contributed by atoms with Crippen LogP contribution in [0.25, 0.3) is 0 Å². The Labute approximate surface area is 333 Å². The molecule has 21 atom stereocenters. The second-order valence-electron chi connectivity index (χ2n) is 16.2. The predicted octanol–water partition coefficient (Wildman–Crippen LogP) is -1.22. The molecule has 0 bridgehead atoms. The van der Waals surface area contributed by atoms with Gasteiger partial charge in [-0.05, 0) is 74.1 Å². The quantitative estimate of drug-likeness (QED) is 0.0817. The Kier molecular flexibility index (Phi) is 17.6. The first-order chi connectivity index (χ1) is 26.7. The van der Waals surface area contributed by atoms with E-state index in [9.17, 15) is 51.1 Å². The first-order valence-corrected chi connectivity index (χ1v) is 19.6. The van der Waals surface area contributed by atoms with E-state index in [1.54, 1.807) is 13.0 Å². The van der Waals surface area contributed by atoms with Gasteiger partial charge in [0.1, 0.15) is 79.4 Å². The van der Waals surface area contributed by atoms with Gasteiger partial charge < -0.3 is 89.0 Å². The van der Waals surface area contributed by atoms with E-state index in [1.165, 1.54) is 31.9 Å². The van der Waals surface area contributed by atoms with E-state index >= 15 is 0 Å². The van der Waals surface area contributed by atoms with Gasteiger partial charge in [-0.2, -0.15) is 0 Å². The van der Waals surface area contributed by atoms with Gasteiger partial charge in [-0.3, -0.25) is 0 Å². The summed E-state index contributed by atoms with van der Waals surface area (Å²) in [4.78, 5) is 0. The van der Waals surface area contributed by atoms with E-state index in [2.05, 4.69) is 18.7 Å². The van der Waals surface area contributed by atoms with Crippen LogP contribution >= 0.6 is 0 Å². The summed E-state index contributed by atoms with van der Waals surface area (Å²) in [6.07, 6.45) is -21.0. The van der Waals surface area contributed by atoms with Gasteiger partial charge in [0.05, 0.1) is 30.5 Å². The van der Waals surface area contributed by atoms with Crippen molar-refractivity contribution in [1.82, 2.24) is 0 Å². The molecule has 4 fully saturated rings. The lowest BCUT2D eigenvalue weighted by atomic mass is 9.95. The van der Waals surface area contributed by atoms with E-state index in [-0.39, 0.29) is 0 Å². The molecule has 0 aromatic carbocycles. The van der Waals surface area contributed by atoms with Crippen LogP contribution in [0.2, 0.25) is 0 Å². The maximum Gasteiger partial charge on any atom is 0.188 e. The Morgan fingerprint density at radius 1 is 0.579 bits per heavy atom. The Bertz CT molecular complexity index is 1330. The first kappa shape index (κ1) is 48.2. The minimum atomic E-state index is -1.84. The summed E-state index contributed by atoms with van der Waals surface area (Å²) in [5.41, 5.74) is 1.30. The van der Waals surface area contributed by atoms with E-state index in [0.717, 1.165) is 12.8 Å². The van der Waals surface area contributed by atoms with Crippen molar-refractivity contribution in [3.05, 3.63) is 36.0 Å². The highest BCUT2D eigenvalue weighted by Gasteiger charge is 2.54. The zero-order chi connectivity index (χ0) is 42.5. The summed E-state index contributed by atoms with van der Waals surface area (Å²) >= 11 is 0. The van der Waals surface area contributed by atoms with Crippen molar-refractivity contribution in [3.63, 3.8) is 0 Å². The van der Waals surface area contributed by atoms with Crippen LogP contribution in [0.15, 0.2) is 36.0 Å². The van der Waals surface area contributed by atoms with Crippen LogP contribution in [0.4, 0.5) is 0 Å². The number of allylic oxidation sites excluding steroid dienone is 4. The molecule has 0 amide bonds. The fourth-order valence-electron chi connectivity index (χ4n) is 7.14. The molecule has 0 aromatic heterocycles. The summed E-state index contributed by atoms with van der Waals surface area (Å²) in [5.74, 6) is 0. The molecule has 4 heterocycles. The Morgan fingerprint density at radius 3 is 1.67 bits per heavy atom. The molecular weight excluding hydrogens is 756 g/mol. The van der Waals surface area contributed by atoms with Crippen LogP contribution in [-0.2, 0) is 37.9 Å². The largest absolute Gasteiger partial charge is 0.388 e. The second kappa shape index (κ2) is 20.8. The van der Waals surface area contributed by atoms with Crippen LogP contribution in [0.1, 0.15) is 74.1 Å². The van der Waals surface area contributed by atoms with Gasteiger partial charge in [0, 0.05) is 0 Å². The lowest BCUT2D eigenvalue weighted by Gasteiger charge is -2.49. The number of ether oxygens (including phenoxy) is 8. The van der Waals surface area contributed by atoms with Crippen LogP contribution in [0.3, 0.4) is 0 Å². The number of aliphatic hydroxyl groups excluding tert-OH is 10. The Balaban J connectivity index is 1.51. The maximum absolute atomic E-state index is 11.5. The molecule has 18 heteroatoms. The van der Waals surface area contributed by atoms with E-state index < -0.39 is 135 Å². The number of rotatable bonds is 16. The zero-order valence-electron chi connectivity index (χ0n) is 33.8. The van der Waals surface area contributed by atoms with E-state index in [4.69, 9.17) is 37.9 Å². The van der Waals surface area contributed by atoms with Crippen LogP contribution < -0.4 is 0 Å². The van der Waals surface area contributed by atoms with Gasteiger partial charge in [-0.1, -0.05) is 29.4 Å². The topological polar surface area (TPSA) is 276 Å². The Hall–Kier alpha value is -1.50. The molecule has 4 aliphatic rings. The molecule has 330 valence electrons. The van der Waals surface area contributed by atoms with Gasteiger partial charge >= 0.3 is 0 Å². The molecule has 4 saturated heterocycles. The predicted molar refractivity (Wildman–Crippen MR) is 199 cm³/mol. The normalized spacial score (nSPS) is 45.6. The number of aliphatic hydroxyl groups is 10. The molecule has 0 aliphatic carbocycles. The van der Waals surface area contributed by atoms with Crippen LogP contribution in [0, 0.1) is 0 Å². The molecule has 10 N–H and O–H groups in total. The Morgan fingerprint density at radius 2 is 1.09 bits per heavy atom. The van der Waals surface area contributed by atoms with Crippen LogP contribution in [-0.4, -0.2) is 186 Å². The third-order valence-electron chi connectivity index (χ3n) is 11.1. The molecule has 4 aliphatic heterocycles.